The van der Waals surface area contributed by atoms with E-state index in [1.54, 1.807) is 11.3 Å². The summed E-state index contributed by atoms with van der Waals surface area (Å²) in [5.41, 5.74) is 6.03. The fourth-order valence-corrected chi connectivity index (χ4v) is 3.59. The number of nitrogens with one attached hydrogen (secondary N) is 1. The molecular weight excluding hydrogens is 395 g/mol. The summed E-state index contributed by atoms with van der Waals surface area (Å²) in [5, 5.41) is 5.48. The van der Waals surface area contributed by atoms with Crippen molar-refractivity contribution in [2.75, 3.05) is 20.6 Å². The highest BCUT2D eigenvalue weighted by molar-refractivity contribution is 14.0. The van der Waals surface area contributed by atoms with Crippen LogP contribution in [0.3, 0.4) is 0 Å². The first-order valence-electron chi connectivity index (χ1n) is 7.43. The smallest absolute Gasteiger partial charge is 0.188 e. The summed E-state index contributed by atoms with van der Waals surface area (Å²) in [4.78, 5) is 8.08. The lowest BCUT2D eigenvalue weighted by Crippen LogP contribution is -2.41. The van der Waals surface area contributed by atoms with Crippen molar-refractivity contribution in [1.29, 1.82) is 0 Å². The van der Waals surface area contributed by atoms with Crippen LogP contribution < -0.4 is 11.1 Å². The van der Waals surface area contributed by atoms with Gasteiger partial charge in [-0.2, -0.15) is 0 Å². The molecule has 21 heavy (non-hydrogen) atoms. The normalized spacial score (nSPS) is 18.3. The lowest BCUT2D eigenvalue weighted by Gasteiger charge is -2.24. The van der Waals surface area contributed by atoms with Gasteiger partial charge in [0.05, 0.1) is 12.6 Å². The van der Waals surface area contributed by atoms with Crippen LogP contribution in [-0.4, -0.2) is 37.5 Å². The van der Waals surface area contributed by atoms with Crippen LogP contribution in [0.1, 0.15) is 43.0 Å². The van der Waals surface area contributed by atoms with Gasteiger partial charge in [0.15, 0.2) is 5.96 Å². The van der Waals surface area contributed by atoms with Crippen LogP contribution in [0.2, 0.25) is 0 Å². The van der Waals surface area contributed by atoms with Crippen LogP contribution in [0.5, 0.6) is 0 Å². The zero-order valence-corrected chi connectivity index (χ0v) is 16.1. The highest BCUT2D eigenvalue weighted by Gasteiger charge is 2.16. The van der Waals surface area contributed by atoms with E-state index in [0.717, 1.165) is 0 Å². The number of hydrogen-bond acceptors (Lipinski definition) is 3. The summed E-state index contributed by atoms with van der Waals surface area (Å²) in [5.74, 6) is 0.598. The summed E-state index contributed by atoms with van der Waals surface area (Å²) in [6.07, 6.45) is 6.41. The van der Waals surface area contributed by atoms with E-state index in [1.807, 2.05) is 0 Å². The van der Waals surface area contributed by atoms with Gasteiger partial charge in [-0.15, -0.1) is 35.3 Å². The van der Waals surface area contributed by atoms with Gasteiger partial charge in [-0.3, -0.25) is 4.99 Å². The van der Waals surface area contributed by atoms with E-state index in [2.05, 4.69) is 46.8 Å². The van der Waals surface area contributed by atoms with Crippen molar-refractivity contribution in [2.24, 2.45) is 10.7 Å². The summed E-state index contributed by atoms with van der Waals surface area (Å²) >= 11 is 1.77. The van der Waals surface area contributed by atoms with Crippen molar-refractivity contribution in [3.05, 3.63) is 22.4 Å². The molecule has 1 aromatic heterocycles. The molecule has 120 valence electrons. The molecule has 0 saturated heterocycles. The van der Waals surface area contributed by atoms with Gasteiger partial charge >= 0.3 is 0 Å². The fourth-order valence-electron chi connectivity index (χ4n) is 2.68. The Labute approximate surface area is 149 Å². The molecular formula is C15H27IN4S. The molecule has 1 heterocycles. The first-order chi connectivity index (χ1) is 9.66. The maximum atomic E-state index is 6.03. The summed E-state index contributed by atoms with van der Waals surface area (Å²) in [6.45, 7) is 0.707. The monoisotopic (exact) mass is 422 g/mol. The Kier molecular flexibility index (Phi) is 8.58. The molecule has 1 aliphatic carbocycles. The Morgan fingerprint density at radius 2 is 2.14 bits per heavy atom. The van der Waals surface area contributed by atoms with E-state index in [1.165, 1.54) is 37.0 Å². The SMILES string of the molecule is CN(C)C(CN=C(N)NC1CCCCC1)c1cccs1.I. The van der Waals surface area contributed by atoms with Crippen molar-refractivity contribution < 1.29 is 0 Å². The van der Waals surface area contributed by atoms with Crippen LogP contribution in [0.4, 0.5) is 0 Å². The van der Waals surface area contributed by atoms with Gasteiger partial charge in [0.1, 0.15) is 0 Å². The second-order valence-electron chi connectivity index (χ2n) is 5.70. The Hall–Kier alpha value is -0.340. The van der Waals surface area contributed by atoms with Gasteiger partial charge in [0.25, 0.3) is 0 Å². The van der Waals surface area contributed by atoms with Crippen molar-refractivity contribution in [3.8, 4) is 0 Å². The topological polar surface area (TPSA) is 53.6 Å². The van der Waals surface area contributed by atoms with Gasteiger partial charge in [-0.1, -0.05) is 25.3 Å². The van der Waals surface area contributed by atoms with Crippen LogP contribution >= 0.6 is 35.3 Å². The van der Waals surface area contributed by atoms with Crippen LogP contribution in [0, 0.1) is 0 Å². The summed E-state index contributed by atoms with van der Waals surface area (Å²) < 4.78 is 0. The largest absolute Gasteiger partial charge is 0.370 e. The number of thiophene rings is 1. The number of nitrogens with two attached hydrogens (primary N) is 1. The number of rotatable bonds is 5. The van der Waals surface area contributed by atoms with E-state index < -0.39 is 0 Å². The molecule has 0 spiro atoms. The van der Waals surface area contributed by atoms with E-state index in [0.29, 0.717) is 24.6 Å². The molecule has 0 amide bonds. The highest BCUT2D eigenvalue weighted by Crippen LogP contribution is 2.23. The number of hydrogen-bond donors (Lipinski definition) is 2. The number of halogens is 1. The molecule has 0 bridgehead atoms. The van der Waals surface area contributed by atoms with E-state index in [9.17, 15) is 0 Å². The molecule has 0 aromatic carbocycles. The molecule has 6 heteroatoms. The molecule has 1 aromatic rings. The predicted octanol–water partition coefficient (Wildman–Crippen LogP) is 3.21. The Bertz CT molecular complexity index is 413. The zero-order chi connectivity index (χ0) is 14.4. The number of aliphatic imine (C=N–C) groups is 1. The molecule has 2 rings (SSSR count). The quantitative estimate of drug-likeness (QED) is 0.435. The minimum Gasteiger partial charge on any atom is -0.370 e. The number of guanidine groups is 1. The van der Waals surface area contributed by atoms with Gasteiger partial charge in [0.2, 0.25) is 0 Å². The molecule has 0 radical (unpaired) electrons. The molecule has 1 atom stereocenters. The van der Waals surface area contributed by atoms with Gasteiger partial charge < -0.3 is 16.0 Å². The molecule has 1 unspecified atom stereocenters. The molecule has 3 N–H and O–H groups in total. The van der Waals surface area contributed by atoms with Crippen LogP contribution in [0.25, 0.3) is 0 Å². The maximum Gasteiger partial charge on any atom is 0.188 e. The van der Waals surface area contributed by atoms with Crippen LogP contribution in [-0.2, 0) is 0 Å². The third-order valence-corrected chi connectivity index (χ3v) is 4.86. The predicted molar refractivity (Wildman–Crippen MR) is 103 cm³/mol. The van der Waals surface area contributed by atoms with Crippen LogP contribution in [0.15, 0.2) is 22.5 Å². The molecule has 1 aliphatic rings. The highest BCUT2D eigenvalue weighted by atomic mass is 127. The Balaban J connectivity index is 0.00000220. The average molecular weight is 422 g/mol. The standard InChI is InChI=1S/C15H26N4S.HI/c1-19(2)13(14-9-6-10-20-14)11-17-15(16)18-12-7-4-3-5-8-12;/h6,9-10,12-13H,3-5,7-8,11H2,1-2H3,(H3,16,17,18);1H. The van der Waals surface area contributed by atoms with Gasteiger partial charge in [-0.25, -0.2) is 0 Å². The first-order valence-corrected chi connectivity index (χ1v) is 8.31. The fraction of sp³-hybridized carbons (Fsp3) is 0.667. The summed E-state index contributed by atoms with van der Waals surface area (Å²) in [6, 6.07) is 5.08. The van der Waals surface area contributed by atoms with Gasteiger partial charge in [0, 0.05) is 10.9 Å². The van der Waals surface area contributed by atoms with E-state index in [-0.39, 0.29) is 24.0 Å². The minimum atomic E-state index is 0. The maximum absolute atomic E-state index is 6.03. The number of nitrogens with zero attached hydrogens (tertiary/aromatic N) is 2. The average Bonchev–Trinajstić information content (AvgIpc) is 2.93. The van der Waals surface area contributed by atoms with Crippen molar-refractivity contribution in [1.82, 2.24) is 10.2 Å². The number of likely N-dealkylation sites (N-methyl/N-ethyl adjacent to an activating group) is 1. The van der Waals surface area contributed by atoms with Crippen molar-refractivity contribution >= 4 is 41.3 Å². The first kappa shape index (κ1) is 18.7. The second kappa shape index (κ2) is 9.63. The zero-order valence-electron chi connectivity index (χ0n) is 12.9. The summed E-state index contributed by atoms with van der Waals surface area (Å²) in [7, 11) is 4.18. The molecule has 1 fully saturated rings. The second-order valence-corrected chi connectivity index (χ2v) is 6.68. The Morgan fingerprint density at radius 1 is 1.43 bits per heavy atom. The molecule has 1 saturated carbocycles. The van der Waals surface area contributed by atoms with E-state index in [4.69, 9.17) is 5.73 Å². The molecule has 4 nitrogen and oxygen atoms in total. The van der Waals surface area contributed by atoms with Crippen molar-refractivity contribution in [3.63, 3.8) is 0 Å². The third kappa shape index (κ3) is 6.12. The van der Waals surface area contributed by atoms with Crippen molar-refractivity contribution in [2.45, 2.75) is 44.2 Å². The Morgan fingerprint density at radius 3 is 2.71 bits per heavy atom. The van der Waals surface area contributed by atoms with E-state index >= 15 is 0 Å². The lowest BCUT2D eigenvalue weighted by molar-refractivity contribution is 0.310. The molecule has 0 aliphatic heterocycles. The van der Waals surface area contributed by atoms with Gasteiger partial charge in [-0.05, 0) is 38.4 Å². The lowest BCUT2D eigenvalue weighted by atomic mass is 9.96. The minimum absolute atomic E-state index is 0. The third-order valence-electron chi connectivity index (χ3n) is 3.89.